The predicted molar refractivity (Wildman–Crippen MR) is 41.5 cm³/mol. The molecule has 0 amide bonds. The molecule has 2 atom stereocenters. The molecule has 0 aromatic heterocycles. The maximum absolute atomic E-state index is 10.3. The zero-order valence-corrected chi connectivity index (χ0v) is 6.34. The van der Waals surface area contributed by atoms with Crippen molar-refractivity contribution in [2.24, 2.45) is 0 Å². The smallest absolute Gasteiger partial charge is 0.306 e. The average Bonchev–Trinajstić information content (AvgIpc) is 1.94. The Kier molecular flexibility index (Phi) is 2.30. The SMILES string of the molecule is O=C(O)CC1(O)C=CC=CC1O. The molecule has 12 heavy (non-hydrogen) atoms. The van der Waals surface area contributed by atoms with E-state index in [1.54, 1.807) is 6.08 Å². The van der Waals surface area contributed by atoms with Crippen LogP contribution in [0.3, 0.4) is 0 Å². The molecule has 0 radical (unpaired) electrons. The molecule has 0 spiro atoms. The first-order chi connectivity index (χ1) is 5.54. The maximum atomic E-state index is 10.3. The summed E-state index contributed by atoms with van der Waals surface area (Å²) in [7, 11) is 0. The van der Waals surface area contributed by atoms with Gasteiger partial charge in [0, 0.05) is 0 Å². The van der Waals surface area contributed by atoms with Gasteiger partial charge < -0.3 is 15.3 Å². The van der Waals surface area contributed by atoms with Gasteiger partial charge in [0.15, 0.2) is 0 Å². The quantitative estimate of drug-likeness (QED) is 0.530. The molecule has 0 aromatic carbocycles. The second-order valence-corrected chi connectivity index (χ2v) is 2.75. The lowest BCUT2D eigenvalue weighted by atomic mass is 9.89. The molecule has 0 bridgehead atoms. The molecule has 0 saturated heterocycles. The van der Waals surface area contributed by atoms with Crippen molar-refractivity contribution in [2.75, 3.05) is 0 Å². The molecule has 0 saturated carbocycles. The lowest BCUT2D eigenvalue weighted by Crippen LogP contribution is -2.42. The van der Waals surface area contributed by atoms with Gasteiger partial charge in [-0.05, 0) is 6.08 Å². The van der Waals surface area contributed by atoms with Gasteiger partial charge in [-0.2, -0.15) is 0 Å². The van der Waals surface area contributed by atoms with Crippen LogP contribution in [-0.4, -0.2) is 33.0 Å². The second kappa shape index (κ2) is 3.08. The number of aliphatic hydroxyl groups excluding tert-OH is 1. The summed E-state index contributed by atoms with van der Waals surface area (Å²) in [5, 5.41) is 27.2. The van der Waals surface area contributed by atoms with E-state index in [9.17, 15) is 15.0 Å². The van der Waals surface area contributed by atoms with Gasteiger partial charge in [0.05, 0.1) is 6.42 Å². The lowest BCUT2D eigenvalue weighted by Gasteiger charge is -2.28. The Morgan fingerprint density at radius 1 is 1.50 bits per heavy atom. The van der Waals surface area contributed by atoms with E-state index in [4.69, 9.17) is 5.11 Å². The topological polar surface area (TPSA) is 77.8 Å². The monoisotopic (exact) mass is 170 g/mol. The summed E-state index contributed by atoms with van der Waals surface area (Å²) < 4.78 is 0. The van der Waals surface area contributed by atoms with Gasteiger partial charge in [-0.15, -0.1) is 0 Å². The molecule has 2 unspecified atom stereocenters. The van der Waals surface area contributed by atoms with E-state index in [1.807, 2.05) is 0 Å². The highest BCUT2D eigenvalue weighted by Crippen LogP contribution is 2.21. The standard InChI is InChI=1S/C8H10O4/c9-6-3-1-2-4-8(6,12)5-7(10)11/h1-4,6,9,12H,5H2,(H,10,11). The summed E-state index contributed by atoms with van der Waals surface area (Å²) in [4.78, 5) is 10.3. The number of aliphatic carboxylic acids is 1. The number of carboxylic acid groups (broad SMARTS) is 1. The van der Waals surface area contributed by atoms with E-state index in [-0.39, 0.29) is 0 Å². The average molecular weight is 170 g/mol. The maximum Gasteiger partial charge on any atom is 0.306 e. The molecular formula is C8H10O4. The van der Waals surface area contributed by atoms with Crippen LogP contribution in [0.5, 0.6) is 0 Å². The Hall–Kier alpha value is -1.13. The highest BCUT2D eigenvalue weighted by Gasteiger charge is 2.34. The third-order valence-corrected chi connectivity index (χ3v) is 1.74. The molecule has 1 aliphatic rings. The molecule has 1 rings (SSSR count). The van der Waals surface area contributed by atoms with E-state index < -0.39 is 24.1 Å². The van der Waals surface area contributed by atoms with Crippen LogP contribution in [0.15, 0.2) is 24.3 Å². The Balaban J connectivity index is 2.76. The highest BCUT2D eigenvalue weighted by atomic mass is 16.4. The van der Waals surface area contributed by atoms with Crippen molar-refractivity contribution in [1.29, 1.82) is 0 Å². The molecule has 0 heterocycles. The van der Waals surface area contributed by atoms with Crippen molar-refractivity contribution in [3.63, 3.8) is 0 Å². The summed E-state index contributed by atoms with van der Waals surface area (Å²) >= 11 is 0. The number of rotatable bonds is 2. The molecule has 0 fully saturated rings. The number of allylic oxidation sites excluding steroid dienone is 2. The van der Waals surface area contributed by atoms with Crippen molar-refractivity contribution in [2.45, 2.75) is 18.1 Å². The van der Waals surface area contributed by atoms with Crippen LogP contribution in [-0.2, 0) is 4.79 Å². The van der Waals surface area contributed by atoms with E-state index in [2.05, 4.69) is 0 Å². The molecule has 3 N–H and O–H groups in total. The van der Waals surface area contributed by atoms with Crippen LogP contribution in [0.1, 0.15) is 6.42 Å². The minimum Gasteiger partial charge on any atom is -0.481 e. The Morgan fingerprint density at radius 3 is 2.67 bits per heavy atom. The largest absolute Gasteiger partial charge is 0.481 e. The second-order valence-electron chi connectivity index (χ2n) is 2.75. The molecule has 4 nitrogen and oxygen atoms in total. The molecule has 0 aliphatic heterocycles. The van der Waals surface area contributed by atoms with Crippen LogP contribution in [0.2, 0.25) is 0 Å². The number of carboxylic acids is 1. The van der Waals surface area contributed by atoms with E-state index in [0.717, 1.165) is 0 Å². The summed E-state index contributed by atoms with van der Waals surface area (Å²) in [6.45, 7) is 0. The number of hydrogen-bond acceptors (Lipinski definition) is 3. The molecule has 4 heteroatoms. The normalized spacial score (nSPS) is 33.7. The van der Waals surface area contributed by atoms with Crippen LogP contribution in [0.4, 0.5) is 0 Å². The number of carbonyl (C=O) groups is 1. The minimum atomic E-state index is -1.65. The summed E-state index contributed by atoms with van der Waals surface area (Å²) in [5.41, 5.74) is -1.65. The Morgan fingerprint density at radius 2 is 2.17 bits per heavy atom. The van der Waals surface area contributed by atoms with Crippen molar-refractivity contribution < 1.29 is 20.1 Å². The van der Waals surface area contributed by atoms with Gasteiger partial charge in [0.25, 0.3) is 0 Å². The van der Waals surface area contributed by atoms with Crippen molar-refractivity contribution in [3.8, 4) is 0 Å². The van der Waals surface area contributed by atoms with Crippen LogP contribution in [0.25, 0.3) is 0 Å². The Labute approximate surface area is 69.5 Å². The van der Waals surface area contributed by atoms with Crippen LogP contribution < -0.4 is 0 Å². The van der Waals surface area contributed by atoms with Crippen LogP contribution in [0, 0.1) is 0 Å². The fraction of sp³-hybridized carbons (Fsp3) is 0.375. The van der Waals surface area contributed by atoms with Gasteiger partial charge in [0.2, 0.25) is 0 Å². The first-order valence-corrected chi connectivity index (χ1v) is 3.53. The van der Waals surface area contributed by atoms with Gasteiger partial charge in [-0.3, -0.25) is 4.79 Å². The minimum absolute atomic E-state index is 0.491. The Bertz CT molecular complexity index is 243. The molecule has 66 valence electrons. The third kappa shape index (κ3) is 1.72. The fourth-order valence-corrected chi connectivity index (χ4v) is 1.06. The zero-order chi connectivity index (χ0) is 9.19. The van der Waals surface area contributed by atoms with Crippen molar-refractivity contribution in [3.05, 3.63) is 24.3 Å². The zero-order valence-electron chi connectivity index (χ0n) is 6.34. The van der Waals surface area contributed by atoms with E-state index >= 15 is 0 Å². The third-order valence-electron chi connectivity index (χ3n) is 1.74. The fourth-order valence-electron chi connectivity index (χ4n) is 1.06. The number of aliphatic hydroxyl groups is 2. The van der Waals surface area contributed by atoms with Gasteiger partial charge in [-0.25, -0.2) is 0 Å². The highest BCUT2D eigenvalue weighted by molar-refractivity contribution is 5.69. The summed E-state index contributed by atoms with van der Waals surface area (Å²) in [6, 6.07) is 0. The van der Waals surface area contributed by atoms with Gasteiger partial charge >= 0.3 is 5.97 Å². The first-order valence-electron chi connectivity index (χ1n) is 3.53. The van der Waals surface area contributed by atoms with E-state index in [0.29, 0.717) is 0 Å². The first kappa shape index (κ1) is 8.96. The van der Waals surface area contributed by atoms with Gasteiger partial charge in [0.1, 0.15) is 11.7 Å². The van der Waals surface area contributed by atoms with Crippen molar-refractivity contribution >= 4 is 5.97 Å². The predicted octanol–water partition coefficient (Wildman–Crippen LogP) is -0.321. The van der Waals surface area contributed by atoms with Crippen LogP contribution >= 0.6 is 0 Å². The van der Waals surface area contributed by atoms with E-state index in [1.165, 1.54) is 18.2 Å². The molecular weight excluding hydrogens is 160 g/mol. The van der Waals surface area contributed by atoms with Crippen molar-refractivity contribution in [1.82, 2.24) is 0 Å². The molecule has 1 aliphatic carbocycles. The summed E-state index contributed by atoms with van der Waals surface area (Å²) in [5.74, 6) is -1.14. The summed E-state index contributed by atoms with van der Waals surface area (Å²) in [6.07, 6.45) is 4.07. The molecule has 0 aromatic rings. The van der Waals surface area contributed by atoms with Gasteiger partial charge in [-0.1, -0.05) is 18.2 Å². The lowest BCUT2D eigenvalue weighted by molar-refractivity contribution is -0.143. The number of hydrogen-bond donors (Lipinski definition) is 3.